The Morgan fingerprint density at radius 1 is 1.19 bits per heavy atom. The Kier molecular flexibility index (Phi) is 5.17. The van der Waals surface area contributed by atoms with Gasteiger partial charge in [-0.1, -0.05) is 31.5 Å². The van der Waals surface area contributed by atoms with Crippen molar-refractivity contribution in [2.45, 2.75) is 39.8 Å². The van der Waals surface area contributed by atoms with Crippen molar-refractivity contribution in [3.05, 3.63) is 52.8 Å². The Morgan fingerprint density at radius 3 is 2.67 bits per heavy atom. The number of nitrogens with one attached hydrogen (secondary N) is 1. The Labute approximate surface area is 125 Å². The summed E-state index contributed by atoms with van der Waals surface area (Å²) < 4.78 is 0. The molecule has 0 unspecified atom stereocenters. The van der Waals surface area contributed by atoms with Gasteiger partial charge in [-0.2, -0.15) is 0 Å². The highest BCUT2D eigenvalue weighted by Crippen LogP contribution is 2.26. The molecule has 0 fully saturated rings. The van der Waals surface area contributed by atoms with Crippen LogP contribution in [0.4, 0.5) is 5.69 Å². The topological polar surface area (TPSA) is 65.4 Å². The third-order valence-corrected chi connectivity index (χ3v) is 3.59. The van der Waals surface area contributed by atoms with E-state index in [-0.39, 0.29) is 12.4 Å². The molecular formula is C17H22N2O2. The molecule has 1 heterocycles. The van der Waals surface area contributed by atoms with Gasteiger partial charge >= 0.3 is 0 Å². The number of aryl methyl sites for hydroxylation is 2. The smallest absolute Gasteiger partial charge is 0.142 e. The van der Waals surface area contributed by atoms with Gasteiger partial charge in [-0.05, 0) is 25.0 Å². The monoisotopic (exact) mass is 286 g/mol. The van der Waals surface area contributed by atoms with Crippen LogP contribution in [-0.4, -0.2) is 15.2 Å². The lowest BCUT2D eigenvalue weighted by Crippen LogP contribution is -2.07. The number of pyridine rings is 1. The van der Waals surface area contributed by atoms with Crippen LogP contribution in [0.5, 0.6) is 5.75 Å². The molecule has 0 atom stereocenters. The summed E-state index contributed by atoms with van der Waals surface area (Å²) in [5.74, 6) is 0.155. The van der Waals surface area contributed by atoms with Crippen molar-refractivity contribution in [3.8, 4) is 5.75 Å². The first-order valence-corrected chi connectivity index (χ1v) is 7.26. The summed E-state index contributed by atoms with van der Waals surface area (Å²) >= 11 is 0. The number of hydrogen-bond donors (Lipinski definition) is 3. The standard InChI is InChI=1S/C17H22N2O2/c1-3-6-13-7-4-5-8-16(13)19-10-15-14(11-20)9-18-12(2)17(15)21/h4-5,7-9,19-21H,3,6,10-11H2,1-2H3. The molecular weight excluding hydrogens is 264 g/mol. The predicted octanol–water partition coefficient (Wildman–Crippen LogP) is 3.15. The van der Waals surface area contributed by atoms with Crippen LogP contribution in [-0.2, 0) is 19.6 Å². The summed E-state index contributed by atoms with van der Waals surface area (Å²) in [6.07, 6.45) is 3.71. The molecule has 1 aromatic heterocycles. The lowest BCUT2D eigenvalue weighted by Gasteiger charge is -2.15. The van der Waals surface area contributed by atoms with Crippen molar-refractivity contribution < 1.29 is 10.2 Å². The van der Waals surface area contributed by atoms with Crippen molar-refractivity contribution >= 4 is 5.69 Å². The Bertz CT molecular complexity index is 612. The van der Waals surface area contributed by atoms with Gasteiger partial charge in [-0.25, -0.2) is 0 Å². The molecule has 0 saturated carbocycles. The third kappa shape index (κ3) is 3.52. The SMILES string of the molecule is CCCc1ccccc1NCc1c(CO)cnc(C)c1O. The highest BCUT2D eigenvalue weighted by molar-refractivity contribution is 5.53. The van der Waals surface area contributed by atoms with Crippen LogP contribution in [0, 0.1) is 6.92 Å². The van der Waals surface area contributed by atoms with E-state index in [0.717, 1.165) is 18.5 Å². The lowest BCUT2D eigenvalue weighted by atomic mass is 10.1. The Morgan fingerprint density at radius 2 is 1.95 bits per heavy atom. The number of rotatable bonds is 6. The van der Waals surface area contributed by atoms with E-state index in [0.29, 0.717) is 23.4 Å². The zero-order valence-electron chi connectivity index (χ0n) is 12.6. The molecule has 0 aliphatic heterocycles. The van der Waals surface area contributed by atoms with Gasteiger partial charge in [0.15, 0.2) is 0 Å². The first-order chi connectivity index (χ1) is 10.2. The fourth-order valence-corrected chi connectivity index (χ4v) is 2.38. The summed E-state index contributed by atoms with van der Waals surface area (Å²) in [5.41, 5.74) is 4.26. The van der Waals surface area contributed by atoms with Crippen LogP contribution in [0.25, 0.3) is 0 Å². The van der Waals surface area contributed by atoms with Crippen LogP contribution in [0.15, 0.2) is 30.5 Å². The molecule has 4 heteroatoms. The van der Waals surface area contributed by atoms with E-state index in [1.165, 1.54) is 5.56 Å². The number of aliphatic hydroxyl groups is 1. The van der Waals surface area contributed by atoms with Gasteiger partial charge in [0.1, 0.15) is 5.75 Å². The van der Waals surface area contributed by atoms with E-state index < -0.39 is 0 Å². The number of aromatic hydroxyl groups is 1. The summed E-state index contributed by atoms with van der Waals surface area (Å²) in [5, 5.41) is 22.9. The van der Waals surface area contributed by atoms with Gasteiger partial charge in [-0.3, -0.25) is 4.98 Å². The van der Waals surface area contributed by atoms with Gasteiger partial charge in [-0.15, -0.1) is 0 Å². The number of nitrogens with zero attached hydrogens (tertiary/aromatic N) is 1. The van der Waals surface area contributed by atoms with Gasteiger partial charge in [0.2, 0.25) is 0 Å². The summed E-state index contributed by atoms with van der Waals surface area (Å²) in [6, 6.07) is 8.17. The average molecular weight is 286 g/mol. The third-order valence-electron chi connectivity index (χ3n) is 3.59. The van der Waals surface area contributed by atoms with Gasteiger partial charge < -0.3 is 15.5 Å². The first kappa shape index (κ1) is 15.3. The zero-order valence-corrected chi connectivity index (χ0v) is 12.6. The molecule has 2 rings (SSSR count). The van der Waals surface area contributed by atoms with Gasteiger partial charge in [0.05, 0.1) is 12.3 Å². The van der Waals surface area contributed by atoms with Gasteiger partial charge in [0, 0.05) is 29.6 Å². The molecule has 0 spiro atoms. The van der Waals surface area contributed by atoms with E-state index in [9.17, 15) is 10.2 Å². The second-order valence-corrected chi connectivity index (χ2v) is 5.11. The maximum atomic E-state index is 10.1. The second-order valence-electron chi connectivity index (χ2n) is 5.11. The molecule has 21 heavy (non-hydrogen) atoms. The molecule has 0 bridgehead atoms. The zero-order chi connectivity index (χ0) is 15.2. The first-order valence-electron chi connectivity index (χ1n) is 7.26. The maximum absolute atomic E-state index is 10.1. The van der Waals surface area contributed by atoms with E-state index >= 15 is 0 Å². The summed E-state index contributed by atoms with van der Waals surface area (Å²) in [6.45, 7) is 4.24. The molecule has 0 saturated heterocycles. The largest absolute Gasteiger partial charge is 0.506 e. The molecule has 0 radical (unpaired) electrons. The van der Waals surface area contributed by atoms with Gasteiger partial charge in [0.25, 0.3) is 0 Å². The van der Waals surface area contributed by atoms with Crippen molar-refractivity contribution in [1.29, 1.82) is 0 Å². The van der Waals surface area contributed by atoms with E-state index in [2.05, 4.69) is 23.3 Å². The van der Waals surface area contributed by atoms with Crippen LogP contribution in [0.2, 0.25) is 0 Å². The predicted molar refractivity (Wildman–Crippen MR) is 84.3 cm³/mol. The highest BCUT2D eigenvalue weighted by atomic mass is 16.3. The number of anilines is 1. The molecule has 4 nitrogen and oxygen atoms in total. The second kappa shape index (κ2) is 7.09. The van der Waals surface area contributed by atoms with Crippen molar-refractivity contribution in [2.75, 3.05) is 5.32 Å². The fraction of sp³-hybridized carbons (Fsp3) is 0.353. The molecule has 3 N–H and O–H groups in total. The van der Waals surface area contributed by atoms with E-state index in [1.807, 2.05) is 18.2 Å². The van der Waals surface area contributed by atoms with E-state index in [4.69, 9.17) is 0 Å². The molecule has 112 valence electrons. The number of benzene rings is 1. The van der Waals surface area contributed by atoms with Crippen LogP contribution in [0.1, 0.15) is 35.7 Å². The molecule has 0 aliphatic carbocycles. The number of aliphatic hydroxyl groups excluding tert-OH is 1. The van der Waals surface area contributed by atoms with Crippen LogP contribution >= 0.6 is 0 Å². The van der Waals surface area contributed by atoms with Crippen molar-refractivity contribution in [3.63, 3.8) is 0 Å². The van der Waals surface area contributed by atoms with Crippen molar-refractivity contribution in [2.24, 2.45) is 0 Å². The van der Waals surface area contributed by atoms with Crippen LogP contribution < -0.4 is 5.32 Å². The minimum atomic E-state index is -0.130. The fourth-order valence-electron chi connectivity index (χ4n) is 2.38. The number of hydrogen-bond acceptors (Lipinski definition) is 4. The summed E-state index contributed by atoms with van der Waals surface area (Å²) in [4.78, 5) is 4.07. The molecule has 2 aromatic rings. The molecule has 0 amide bonds. The molecule has 1 aromatic carbocycles. The lowest BCUT2D eigenvalue weighted by molar-refractivity contribution is 0.279. The highest BCUT2D eigenvalue weighted by Gasteiger charge is 2.11. The minimum absolute atomic E-state index is 0.130. The number of para-hydroxylation sites is 1. The minimum Gasteiger partial charge on any atom is -0.506 e. The number of aromatic nitrogens is 1. The normalized spacial score (nSPS) is 10.6. The maximum Gasteiger partial charge on any atom is 0.142 e. The quantitative estimate of drug-likeness (QED) is 0.763. The van der Waals surface area contributed by atoms with E-state index in [1.54, 1.807) is 13.1 Å². The Balaban J connectivity index is 2.22. The van der Waals surface area contributed by atoms with Crippen LogP contribution in [0.3, 0.4) is 0 Å². The molecule has 0 aliphatic rings. The van der Waals surface area contributed by atoms with Crippen molar-refractivity contribution in [1.82, 2.24) is 4.98 Å². The average Bonchev–Trinajstić information content (AvgIpc) is 2.50. The summed E-state index contributed by atoms with van der Waals surface area (Å²) in [7, 11) is 0. The Hall–Kier alpha value is -2.07.